The van der Waals surface area contributed by atoms with E-state index in [2.05, 4.69) is 0 Å². The second-order valence-corrected chi connectivity index (χ2v) is 4.47. The fourth-order valence-electron chi connectivity index (χ4n) is 2.21. The van der Waals surface area contributed by atoms with Gasteiger partial charge < -0.3 is 15.2 Å². The number of carbonyl (C=O) groups excluding carboxylic acids is 2. The van der Waals surface area contributed by atoms with E-state index in [0.29, 0.717) is 26.1 Å². The maximum Gasteiger partial charge on any atom is 0.323 e. The normalized spacial score (nSPS) is 26.6. The van der Waals surface area contributed by atoms with E-state index in [9.17, 15) is 9.59 Å². The van der Waals surface area contributed by atoms with Crippen molar-refractivity contribution < 1.29 is 19.1 Å². The van der Waals surface area contributed by atoms with E-state index in [4.69, 9.17) is 15.2 Å². The molecule has 104 valence electrons. The van der Waals surface area contributed by atoms with Crippen LogP contribution in [0.15, 0.2) is 0 Å². The summed E-state index contributed by atoms with van der Waals surface area (Å²) in [4.78, 5) is 25.0. The minimum absolute atomic E-state index is 0.125. The number of ether oxygens (including phenoxy) is 2. The molecular weight excluding hydrogens is 236 g/mol. The third-order valence-electron chi connectivity index (χ3n) is 2.99. The summed E-state index contributed by atoms with van der Waals surface area (Å²) in [5.41, 5.74) is 5.26. The standard InChI is InChI=1S/C12H22N2O4/c1-4-9(12(16)17-5-2)14-6-8(3)18-10(7-14)11(13)15/h8-10H,4-7H2,1-3H3,(H2,13,15)/t8-,9+,10+/m1/s1. The van der Waals surface area contributed by atoms with Crippen LogP contribution in [-0.4, -0.2) is 54.7 Å². The Morgan fingerprint density at radius 1 is 1.44 bits per heavy atom. The molecule has 1 saturated heterocycles. The Labute approximate surface area is 107 Å². The first kappa shape index (κ1) is 14.9. The summed E-state index contributed by atoms with van der Waals surface area (Å²) in [6, 6.07) is -0.335. The number of hydrogen-bond donors (Lipinski definition) is 1. The number of esters is 1. The van der Waals surface area contributed by atoms with Crippen molar-refractivity contribution in [3.8, 4) is 0 Å². The summed E-state index contributed by atoms with van der Waals surface area (Å²) < 4.78 is 10.5. The minimum atomic E-state index is -0.655. The molecule has 0 bridgehead atoms. The Balaban J connectivity index is 2.72. The Morgan fingerprint density at radius 3 is 2.61 bits per heavy atom. The highest BCUT2D eigenvalue weighted by molar-refractivity contribution is 5.80. The van der Waals surface area contributed by atoms with Crippen LogP contribution in [0.5, 0.6) is 0 Å². The Hall–Kier alpha value is -1.14. The number of nitrogens with two attached hydrogens (primary N) is 1. The van der Waals surface area contributed by atoms with Crippen molar-refractivity contribution in [3.63, 3.8) is 0 Å². The molecule has 1 amide bonds. The SMILES string of the molecule is CCOC(=O)[C@H](CC)N1C[C@@H](C)O[C@H](C(N)=O)C1. The lowest BCUT2D eigenvalue weighted by Crippen LogP contribution is -2.56. The molecule has 18 heavy (non-hydrogen) atoms. The molecule has 0 radical (unpaired) electrons. The predicted octanol–water partition coefficient (Wildman–Crippen LogP) is -0.0973. The largest absolute Gasteiger partial charge is 0.465 e. The zero-order chi connectivity index (χ0) is 13.7. The third kappa shape index (κ3) is 3.68. The van der Waals surface area contributed by atoms with Crippen molar-refractivity contribution >= 4 is 11.9 Å². The number of nitrogens with zero attached hydrogens (tertiary/aromatic N) is 1. The Morgan fingerprint density at radius 2 is 2.11 bits per heavy atom. The van der Waals surface area contributed by atoms with Gasteiger partial charge in [-0.05, 0) is 20.3 Å². The van der Waals surface area contributed by atoms with Crippen LogP contribution in [0.2, 0.25) is 0 Å². The van der Waals surface area contributed by atoms with Gasteiger partial charge in [-0.2, -0.15) is 0 Å². The quantitative estimate of drug-likeness (QED) is 0.696. The van der Waals surface area contributed by atoms with Crippen molar-refractivity contribution in [2.45, 2.75) is 45.4 Å². The molecule has 2 N–H and O–H groups in total. The third-order valence-corrected chi connectivity index (χ3v) is 2.99. The van der Waals surface area contributed by atoms with Gasteiger partial charge in [0.15, 0.2) is 0 Å². The van der Waals surface area contributed by atoms with Gasteiger partial charge in [-0.15, -0.1) is 0 Å². The summed E-state index contributed by atoms with van der Waals surface area (Å²) >= 11 is 0. The summed E-state index contributed by atoms with van der Waals surface area (Å²) in [5, 5.41) is 0. The molecule has 6 heteroatoms. The maximum atomic E-state index is 11.8. The molecular formula is C12H22N2O4. The molecule has 1 aliphatic heterocycles. The van der Waals surface area contributed by atoms with E-state index in [1.165, 1.54) is 0 Å². The van der Waals surface area contributed by atoms with Gasteiger partial charge in [0, 0.05) is 13.1 Å². The molecule has 0 spiro atoms. The predicted molar refractivity (Wildman–Crippen MR) is 65.8 cm³/mol. The zero-order valence-electron chi connectivity index (χ0n) is 11.2. The lowest BCUT2D eigenvalue weighted by molar-refractivity contribution is -0.160. The summed E-state index contributed by atoms with van der Waals surface area (Å²) in [6.45, 7) is 6.85. The molecule has 0 unspecified atom stereocenters. The molecule has 0 aromatic heterocycles. The van der Waals surface area contributed by atoms with Crippen LogP contribution in [0.4, 0.5) is 0 Å². The van der Waals surface area contributed by atoms with Crippen LogP contribution >= 0.6 is 0 Å². The first-order chi connectivity index (χ1) is 8.49. The van der Waals surface area contributed by atoms with Crippen LogP contribution in [0.3, 0.4) is 0 Å². The number of primary amides is 1. The lowest BCUT2D eigenvalue weighted by Gasteiger charge is -2.38. The Bertz CT molecular complexity index is 308. The summed E-state index contributed by atoms with van der Waals surface area (Å²) in [7, 11) is 0. The van der Waals surface area contributed by atoms with Gasteiger partial charge in [-0.3, -0.25) is 14.5 Å². The van der Waals surface area contributed by atoms with Gasteiger partial charge >= 0.3 is 5.97 Å². The highest BCUT2D eigenvalue weighted by atomic mass is 16.5. The zero-order valence-corrected chi connectivity index (χ0v) is 11.2. The van der Waals surface area contributed by atoms with Crippen molar-refractivity contribution in [1.29, 1.82) is 0 Å². The second-order valence-electron chi connectivity index (χ2n) is 4.47. The van der Waals surface area contributed by atoms with Gasteiger partial charge in [-0.1, -0.05) is 6.92 Å². The van der Waals surface area contributed by atoms with Crippen LogP contribution in [0, 0.1) is 0 Å². The van der Waals surface area contributed by atoms with Crippen molar-refractivity contribution in [2.24, 2.45) is 5.73 Å². The van der Waals surface area contributed by atoms with Gasteiger partial charge in [0.25, 0.3) is 0 Å². The monoisotopic (exact) mass is 258 g/mol. The number of rotatable bonds is 5. The van der Waals surface area contributed by atoms with E-state index >= 15 is 0 Å². The average molecular weight is 258 g/mol. The van der Waals surface area contributed by atoms with E-state index in [1.807, 2.05) is 18.7 Å². The summed E-state index contributed by atoms with van der Waals surface area (Å²) in [5.74, 6) is -0.748. The highest BCUT2D eigenvalue weighted by Crippen LogP contribution is 2.16. The van der Waals surface area contributed by atoms with Crippen LogP contribution < -0.4 is 5.73 Å². The first-order valence-electron chi connectivity index (χ1n) is 6.35. The number of carbonyl (C=O) groups is 2. The topological polar surface area (TPSA) is 81.9 Å². The molecule has 0 aromatic rings. The molecule has 1 heterocycles. The first-order valence-corrected chi connectivity index (χ1v) is 6.35. The fourth-order valence-corrected chi connectivity index (χ4v) is 2.21. The average Bonchev–Trinajstić information content (AvgIpc) is 2.29. The van der Waals surface area contributed by atoms with E-state index in [1.54, 1.807) is 6.92 Å². The van der Waals surface area contributed by atoms with Gasteiger partial charge in [0.05, 0.1) is 12.7 Å². The number of amides is 1. The van der Waals surface area contributed by atoms with Gasteiger partial charge in [0.1, 0.15) is 12.1 Å². The van der Waals surface area contributed by atoms with Gasteiger partial charge in [-0.25, -0.2) is 0 Å². The molecule has 0 aliphatic carbocycles. The second kappa shape index (κ2) is 6.70. The maximum absolute atomic E-state index is 11.8. The summed E-state index contributed by atoms with van der Waals surface area (Å²) in [6.07, 6.45) is -0.145. The van der Waals surface area contributed by atoms with Crippen molar-refractivity contribution in [2.75, 3.05) is 19.7 Å². The molecule has 1 fully saturated rings. The van der Waals surface area contributed by atoms with Crippen molar-refractivity contribution in [1.82, 2.24) is 4.90 Å². The molecule has 0 saturated carbocycles. The molecule has 1 aliphatic rings. The van der Waals surface area contributed by atoms with E-state index < -0.39 is 12.0 Å². The Kier molecular flexibility index (Phi) is 5.55. The van der Waals surface area contributed by atoms with Gasteiger partial charge in [0.2, 0.25) is 5.91 Å². The van der Waals surface area contributed by atoms with Crippen molar-refractivity contribution in [3.05, 3.63) is 0 Å². The lowest BCUT2D eigenvalue weighted by atomic mass is 10.1. The molecule has 1 rings (SSSR count). The molecule has 3 atom stereocenters. The van der Waals surface area contributed by atoms with Crippen LogP contribution in [0.25, 0.3) is 0 Å². The van der Waals surface area contributed by atoms with Crippen LogP contribution in [-0.2, 0) is 19.1 Å². The fraction of sp³-hybridized carbons (Fsp3) is 0.833. The van der Waals surface area contributed by atoms with Crippen LogP contribution in [0.1, 0.15) is 27.2 Å². The highest BCUT2D eigenvalue weighted by Gasteiger charge is 2.35. The molecule has 6 nitrogen and oxygen atoms in total. The van der Waals surface area contributed by atoms with E-state index in [-0.39, 0.29) is 18.1 Å². The number of hydrogen-bond acceptors (Lipinski definition) is 5. The number of morpholine rings is 1. The smallest absolute Gasteiger partial charge is 0.323 e. The van der Waals surface area contributed by atoms with E-state index in [0.717, 1.165) is 0 Å². The molecule has 0 aromatic carbocycles. The minimum Gasteiger partial charge on any atom is -0.465 e.